The van der Waals surface area contributed by atoms with E-state index in [4.69, 9.17) is 16.3 Å². The van der Waals surface area contributed by atoms with Crippen molar-refractivity contribution in [2.24, 2.45) is 0 Å². The van der Waals surface area contributed by atoms with Gasteiger partial charge in [0.2, 0.25) is 0 Å². The smallest absolute Gasteiger partial charge is 0.292 e. The van der Waals surface area contributed by atoms with E-state index in [0.29, 0.717) is 17.1 Å². The molecule has 10 heteroatoms. The number of halogens is 1. The minimum absolute atomic E-state index is 0.0263. The van der Waals surface area contributed by atoms with E-state index in [2.05, 4.69) is 21.2 Å². The highest BCUT2D eigenvalue weighted by molar-refractivity contribution is 6.31. The van der Waals surface area contributed by atoms with Crippen molar-refractivity contribution in [2.75, 3.05) is 7.11 Å². The summed E-state index contributed by atoms with van der Waals surface area (Å²) in [7, 11) is 1.55. The highest BCUT2D eigenvalue weighted by atomic mass is 35.5. The van der Waals surface area contributed by atoms with Crippen LogP contribution in [0.3, 0.4) is 0 Å². The molecule has 0 aliphatic heterocycles. The molecule has 28 heavy (non-hydrogen) atoms. The Balaban J connectivity index is 1.74. The molecular weight excluding hydrogens is 386 g/mol. The zero-order valence-corrected chi connectivity index (χ0v) is 15.7. The third-order valence-corrected chi connectivity index (χ3v) is 4.14. The van der Waals surface area contributed by atoms with Crippen LogP contribution in [0.4, 0.5) is 0 Å². The van der Waals surface area contributed by atoms with Crippen LogP contribution in [0, 0.1) is 6.92 Å². The fraction of sp³-hybridized carbons (Fsp3) is 0.111. The van der Waals surface area contributed by atoms with E-state index in [1.54, 1.807) is 38.3 Å². The molecule has 2 amide bonds. The average molecular weight is 402 g/mol. The fourth-order valence-corrected chi connectivity index (χ4v) is 2.63. The minimum Gasteiger partial charge on any atom is -0.507 e. The van der Waals surface area contributed by atoms with Gasteiger partial charge in [0.1, 0.15) is 11.5 Å². The number of benzene rings is 2. The number of phenolic OH excluding ortho intramolecular Hbond substituents is 1. The molecule has 0 aliphatic carbocycles. The number of hydrogen-bond donors (Lipinski definition) is 3. The number of amides is 2. The van der Waals surface area contributed by atoms with Crippen molar-refractivity contribution < 1.29 is 19.4 Å². The molecule has 0 saturated carbocycles. The topological polar surface area (TPSA) is 118 Å². The van der Waals surface area contributed by atoms with Crippen LogP contribution in [0.1, 0.15) is 26.5 Å². The van der Waals surface area contributed by atoms with Gasteiger partial charge in [-0.05, 0) is 37.3 Å². The summed E-state index contributed by atoms with van der Waals surface area (Å²) >= 11 is 5.81. The van der Waals surface area contributed by atoms with E-state index >= 15 is 0 Å². The Morgan fingerprint density at radius 3 is 2.64 bits per heavy atom. The standard InChI is InChI=1S/C18H16ClN5O4/c1-10-16(20-23-24(10)12-4-3-5-13(9-12)28-2)18(27)22-21-17(26)14-8-11(19)6-7-15(14)25/h3-9,25H,1-2H3,(H,21,26)(H,22,27). The van der Waals surface area contributed by atoms with Crippen molar-refractivity contribution in [3.63, 3.8) is 0 Å². The number of carbonyl (C=O) groups is 2. The van der Waals surface area contributed by atoms with E-state index in [9.17, 15) is 14.7 Å². The molecule has 0 aliphatic rings. The highest BCUT2D eigenvalue weighted by Gasteiger charge is 2.19. The van der Waals surface area contributed by atoms with Crippen molar-refractivity contribution in [3.8, 4) is 17.2 Å². The van der Waals surface area contributed by atoms with Gasteiger partial charge in [-0.15, -0.1) is 5.10 Å². The molecule has 9 nitrogen and oxygen atoms in total. The molecule has 1 aromatic heterocycles. The summed E-state index contributed by atoms with van der Waals surface area (Å²) in [5.74, 6) is -1.03. The lowest BCUT2D eigenvalue weighted by Gasteiger charge is -2.08. The van der Waals surface area contributed by atoms with E-state index in [0.717, 1.165) is 0 Å². The van der Waals surface area contributed by atoms with Gasteiger partial charge < -0.3 is 9.84 Å². The number of ether oxygens (including phenoxy) is 1. The molecule has 1 heterocycles. The first kappa shape index (κ1) is 19.2. The predicted octanol–water partition coefficient (Wildman–Crippen LogP) is 2.02. The number of nitrogens with zero attached hydrogens (tertiary/aromatic N) is 3. The van der Waals surface area contributed by atoms with Crippen LogP contribution < -0.4 is 15.6 Å². The Hall–Kier alpha value is -3.59. The summed E-state index contributed by atoms with van der Waals surface area (Å²) in [4.78, 5) is 24.5. The number of methoxy groups -OCH3 is 1. The number of hydrogen-bond acceptors (Lipinski definition) is 6. The summed E-state index contributed by atoms with van der Waals surface area (Å²) in [6.45, 7) is 1.67. The van der Waals surface area contributed by atoms with Gasteiger partial charge in [-0.1, -0.05) is 22.9 Å². The Kier molecular flexibility index (Phi) is 5.46. The van der Waals surface area contributed by atoms with E-state index in [1.165, 1.54) is 22.9 Å². The molecule has 0 bridgehead atoms. The van der Waals surface area contributed by atoms with Crippen LogP contribution >= 0.6 is 11.6 Å². The third-order valence-electron chi connectivity index (χ3n) is 3.90. The molecular formula is C18H16ClN5O4. The SMILES string of the molecule is COc1cccc(-n2nnc(C(=O)NNC(=O)c3cc(Cl)ccc3O)c2C)c1. The molecule has 3 N–H and O–H groups in total. The van der Waals surface area contributed by atoms with Crippen molar-refractivity contribution >= 4 is 23.4 Å². The number of rotatable bonds is 4. The molecule has 3 rings (SSSR count). The zero-order chi connectivity index (χ0) is 20.3. The maximum atomic E-state index is 12.4. The van der Waals surface area contributed by atoms with Gasteiger partial charge in [0, 0.05) is 11.1 Å². The molecule has 0 unspecified atom stereocenters. The number of aromatic hydroxyl groups is 1. The van der Waals surface area contributed by atoms with Crippen LogP contribution in [-0.2, 0) is 0 Å². The summed E-state index contributed by atoms with van der Waals surface area (Å²) < 4.78 is 6.65. The molecule has 0 saturated heterocycles. The van der Waals surface area contributed by atoms with E-state index < -0.39 is 11.8 Å². The summed E-state index contributed by atoms with van der Waals surface area (Å²) in [5.41, 5.74) is 5.52. The van der Waals surface area contributed by atoms with Crippen molar-refractivity contribution in [2.45, 2.75) is 6.92 Å². The van der Waals surface area contributed by atoms with Crippen LogP contribution in [0.2, 0.25) is 5.02 Å². The quantitative estimate of drug-likeness (QED) is 0.575. The molecule has 0 atom stereocenters. The van der Waals surface area contributed by atoms with Gasteiger partial charge in [-0.3, -0.25) is 20.4 Å². The monoisotopic (exact) mass is 401 g/mol. The number of carbonyl (C=O) groups excluding carboxylic acids is 2. The lowest BCUT2D eigenvalue weighted by molar-refractivity contribution is 0.0842. The zero-order valence-electron chi connectivity index (χ0n) is 14.9. The Morgan fingerprint density at radius 1 is 1.14 bits per heavy atom. The largest absolute Gasteiger partial charge is 0.507 e. The van der Waals surface area contributed by atoms with Crippen LogP contribution in [0.15, 0.2) is 42.5 Å². The highest BCUT2D eigenvalue weighted by Crippen LogP contribution is 2.21. The number of hydrazine groups is 1. The summed E-state index contributed by atoms with van der Waals surface area (Å²) in [6.07, 6.45) is 0. The van der Waals surface area contributed by atoms with Crippen molar-refractivity contribution in [1.82, 2.24) is 25.8 Å². The van der Waals surface area contributed by atoms with Gasteiger partial charge in [0.05, 0.1) is 24.1 Å². The predicted molar refractivity (Wildman–Crippen MR) is 101 cm³/mol. The Labute approximate surface area is 164 Å². The van der Waals surface area contributed by atoms with Gasteiger partial charge in [0.25, 0.3) is 11.8 Å². The molecule has 0 spiro atoms. The summed E-state index contributed by atoms with van der Waals surface area (Å²) in [6, 6.07) is 11.1. The average Bonchev–Trinajstić information content (AvgIpc) is 3.09. The molecule has 0 fully saturated rings. The minimum atomic E-state index is -0.730. The van der Waals surface area contributed by atoms with Gasteiger partial charge >= 0.3 is 0 Å². The lowest BCUT2D eigenvalue weighted by Crippen LogP contribution is -2.42. The third kappa shape index (κ3) is 3.89. The Morgan fingerprint density at radius 2 is 1.89 bits per heavy atom. The maximum absolute atomic E-state index is 12.4. The second-order valence-corrected chi connectivity index (χ2v) is 6.14. The molecule has 3 aromatic rings. The van der Waals surface area contributed by atoms with Crippen LogP contribution in [-0.4, -0.2) is 39.0 Å². The number of nitrogens with one attached hydrogen (secondary N) is 2. The lowest BCUT2D eigenvalue weighted by atomic mass is 10.2. The van der Waals surface area contributed by atoms with Crippen LogP contribution in [0.25, 0.3) is 5.69 Å². The van der Waals surface area contributed by atoms with Gasteiger partial charge in [-0.2, -0.15) is 0 Å². The molecule has 2 aromatic carbocycles. The van der Waals surface area contributed by atoms with Crippen molar-refractivity contribution in [1.29, 1.82) is 0 Å². The molecule has 144 valence electrons. The summed E-state index contributed by atoms with van der Waals surface area (Å²) in [5, 5.41) is 17.8. The second-order valence-electron chi connectivity index (χ2n) is 5.71. The second kappa shape index (κ2) is 7.97. The maximum Gasteiger partial charge on any atom is 0.292 e. The van der Waals surface area contributed by atoms with Gasteiger partial charge in [0.15, 0.2) is 5.69 Å². The van der Waals surface area contributed by atoms with E-state index in [1.807, 2.05) is 0 Å². The first-order valence-electron chi connectivity index (χ1n) is 8.06. The Bertz CT molecular complexity index is 1050. The van der Waals surface area contributed by atoms with Crippen molar-refractivity contribution in [3.05, 3.63) is 64.4 Å². The fourth-order valence-electron chi connectivity index (χ4n) is 2.46. The first-order chi connectivity index (χ1) is 13.4. The van der Waals surface area contributed by atoms with Gasteiger partial charge in [-0.25, -0.2) is 4.68 Å². The van der Waals surface area contributed by atoms with Crippen LogP contribution in [0.5, 0.6) is 11.5 Å². The first-order valence-corrected chi connectivity index (χ1v) is 8.44. The number of aromatic nitrogens is 3. The normalized spacial score (nSPS) is 10.4. The number of phenols is 1. The van der Waals surface area contributed by atoms with E-state index in [-0.39, 0.29) is 22.0 Å². The molecule has 0 radical (unpaired) electrons.